The highest BCUT2D eigenvalue weighted by atomic mass is 16.5. The van der Waals surface area contributed by atoms with E-state index in [1.165, 1.54) is 6.92 Å². The molecule has 1 aliphatic rings. The van der Waals surface area contributed by atoms with Crippen LogP contribution < -0.4 is 5.32 Å². The molecule has 0 aliphatic carbocycles. The van der Waals surface area contributed by atoms with Crippen LogP contribution in [0.1, 0.15) is 48.0 Å². The van der Waals surface area contributed by atoms with Gasteiger partial charge in [0, 0.05) is 37.9 Å². The highest BCUT2D eigenvalue weighted by molar-refractivity contribution is 5.99. The maximum Gasteiger partial charge on any atom is 0.267 e. The third kappa shape index (κ3) is 4.68. The normalized spacial score (nSPS) is 22.5. The van der Waals surface area contributed by atoms with Crippen molar-refractivity contribution in [1.29, 1.82) is 0 Å². The van der Waals surface area contributed by atoms with Crippen LogP contribution in [-0.2, 0) is 4.74 Å². The summed E-state index contributed by atoms with van der Waals surface area (Å²) in [5, 5.41) is 2.87. The fraction of sp³-hybridized carbons (Fsp3) is 0.625. The van der Waals surface area contributed by atoms with Crippen LogP contribution in [0.25, 0.3) is 0 Å². The molecule has 1 amide bonds. The van der Waals surface area contributed by atoms with Crippen molar-refractivity contribution >= 4 is 11.7 Å². The maximum absolute atomic E-state index is 11.9. The summed E-state index contributed by atoms with van der Waals surface area (Å²) in [6.45, 7) is 9.10. The van der Waals surface area contributed by atoms with Gasteiger partial charge in [-0.3, -0.25) is 14.5 Å². The molecule has 2 unspecified atom stereocenters. The van der Waals surface area contributed by atoms with Gasteiger partial charge in [0.05, 0.1) is 12.2 Å². The molecular weight excluding hydrogens is 282 g/mol. The summed E-state index contributed by atoms with van der Waals surface area (Å²) in [4.78, 5) is 28.3. The summed E-state index contributed by atoms with van der Waals surface area (Å²) < 4.78 is 5.70. The van der Waals surface area contributed by atoms with Gasteiger partial charge in [-0.2, -0.15) is 0 Å². The molecule has 0 bridgehead atoms. The van der Waals surface area contributed by atoms with Crippen LogP contribution in [0.2, 0.25) is 0 Å². The van der Waals surface area contributed by atoms with Crippen molar-refractivity contribution in [1.82, 2.24) is 15.2 Å². The Morgan fingerprint density at radius 3 is 2.64 bits per heavy atom. The number of hydrogen-bond donors (Lipinski definition) is 2. The number of morpholine rings is 1. The Bertz CT molecular complexity index is 516. The van der Waals surface area contributed by atoms with Crippen molar-refractivity contribution in [2.24, 2.45) is 0 Å². The molecule has 2 N–H and O–H groups in total. The minimum atomic E-state index is -0.170. The van der Waals surface area contributed by atoms with Gasteiger partial charge in [-0.05, 0) is 33.3 Å². The SMILES string of the molecule is CC(=O)c1c[nH]c(C(=O)NCCCN2CC(C)OC(C)C2)c1. The zero-order valence-electron chi connectivity index (χ0n) is 13.5. The number of aromatic amines is 1. The summed E-state index contributed by atoms with van der Waals surface area (Å²) in [5.74, 6) is -0.220. The van der Waals surface area contributed by atoms with Crippen LogP contribution in [0.5, 0.6) is 0 Å². The van der Waals surface area contributed by atoms with E-state index in [4.69, 9.17) is 4.74 Å². The molecule has 0 aromatic carbocycles. The lowest BCUT2D eigenvalue weighted by Crippen LogP contribution is -2.46. The highest BCUT2D eigenvalue weighted by Gasteiger charge is 2.21. The Balaban J connectivity index is 1.69. The first kappa shape index (κ1) is 16.7. The summed E-state index contributed by atoms with van der Waals surface area (Å²) >= 11 is 0. The van der Waals surface area contributed by atoms with Crippen molar-refractivity contribution in [3.05, 3.63) is 23.5 Å². The molecule has 2 heterocycles. The summed E-state index contributed by atoms with van der Waals surface area (Å²) in [6, 6.07) is 1.59. The number of aromatic nitrogens is 1. The van der Waals surface area contributed by atoms with E-state index >= 15 is 0 Å². The second kappa shape index (κ2) is 7.56. The molecule has 1 aliphatic heterocycles. The Labute approximate surface area is 131 Å². The van der Waals surface area contributed by atoms with Gasteiger partial charge in [-0.25, -0.2) is 0 Å². The van der Waals surface area contributed by atoms with Crippen LogP contribution in [0.4, 0.5) is 0 Å². The molecule has 0 saturated carbocycles. The van der Waals surface area contributed by atoms with Crippen molar-refractivity contribution in [3.8, 4) is 0 Å². The van der Waals surface area contributed by atoms with Gasteiger partial charge in [0.15, 0.2) is 5.78 Å². The molecule has 1 aromatic heterocycles. The minimum Gasteiger partial charge on any atom is -0.373 e. The van der Waals surface area contributed by atoms with Crippen LogP contribution in [-0.4, -0.2) is 60.0 Å². The molecule has 2 atom stereocenters. The smallest absolute Gasteiger partial charge is 0.267 e. The Hall–Kier alpha value is -1.66. The molecular formula is C16H25N3O3. The molecule has 122 valence electrons. The predicted octanol–water partition coefficient (Wildman–Crippen LogP) is 1.45. The quantitative estimate of drug-likeness (QED) is 0.616. The second-order valence-electron chi connectivity index (χ2n) is 5.98. The number of H-pyrrole nitrogens is 1. The largest absolute Gasteiger partial charge is 0.373 e. The predicted molar refractivity (Wildman–Crippen MR) is 84.2 cm³/mol. The van der Waals surface area contributed by atoms with Crippen LogP contribution in [0.15, 0.2) is 12.3 Å². The standard InChI is InChI=1S/C16H25N3O3/c1-11-9-19(10-12(2)22-11)6-4-5-17-16(21)15-7-14(8-18-15)13(3)20/h7-8,11-12,18H,4-6,9-10H2,1-3H3,(H,17,21). The molecule has 6 nitrogen and oxygen atoms in total. The summed E-state index contributed by atoms with van der Waals surface area (Å²) in [6.07, 6.45) is 2.99. The third-order valence-electron chi connectivity index (χ3n) is 3.77. The van der Waals surface area contributed by atoms with E-state index in [-0.39, 0.29) is 23.9 Å². The third-order valence-corrected chi connectivity index (χ3v) is 3.77. The average molecular weight is 307 g/mol. The number of nitrogens with zero attached hydrogens (tertiary/aromatic N) is 1. The van der Waals surface area contributed by atoms with Crippen molar-refractivity contribution in [3.63, 3.8) is 0 Å². The number of hydrogen-bond acceptors (Lipinski definition) is 4. The van der Waals surface area contributed by atoms with E-state index in [1.54, 1.807) is 12.3 Å². The van der Waals surface area contributed by atoms with Gasteiger partial charge in [0.2, 0.25) is 0 Å². The van der Waals surface area contributed by atoms with Crippen LogP contribution in [0, 0.1) is 0 Å². The zero-order chi connectivity index (χ0) is 16.1. The topological polar surface area (TPSA) is 74.4 Å². The first-order valence-corrected chi connectivity index (χ1v) is 7.81. The molecule has 0 radical (unpaired) electrons. The lowest BCUT2D eigenvalue weighted by molar-refractivity contribution is -0.0680. The average Bonchev–Trinajstić information content (AvgIpc) is 2.92. The molecule has 22 heavy (non-hydrogen) atoms. The lowest BCUT2D eigenvalue weighted by atomic mass is 10.2. The Morgan fingerprint density at radius 1 is 1.36 bits per heavy atom. The van der Waals surface area contributed by atoms with Crippen molar-refractivity contribution < 1.29 is 14.3 Å². The van der Waals surface area contributed by atoms with Gasteiger partial charge < -0.3 is 15.0 Å². The van der Waals surface area contributed by atoms with E-state index in [2.05, 4.69) is 29.0 Å². The monoisotopic (exact) mass is 307 g/mol. The zero-order valence-corrected chi connectivity index (χ0v) is 13.5. The number of rotatable bonds is 6. The number of carbonyl (C=O) groups excluding carboxylic acids is 2. The van der Waals surface area contributed by atoms with Crippen LogP contribution in [0.3, 0.4) is 0 Å². The maximum atomic E-state index is 11.9. The molecule has 2 rings (SSSR count). The highest BCUT2D eigenvalue weighted by Crippen LogP contribution is 2.10. The van der Waals surface area contributed by atoms with E-state index in [0.29, 0.717) is 17.8 Å². The number of amides is 1. The fourth-order valence-corrected chi connectivity index (χ4v) is 2.80. The van der Waals surface area contributed by atoms with Gasteiger partial charge in [-0.15, -0.1) is 0 Å². The summed E-state index contributed by atoms with van der Waals surface area (Å²) in [7, 11) is 0. The minimum absolute atomic E-state index is 0.0501. The summed E-state index contributed by atoms with van der Waals surface area (Å²) in [5.41, 5.74) is 0.959. The van der Waals surface area contributed by atoms with E-state index in [1.807, 2.05) is 0 Å². The van der Waals surface area contributed by atoms with E-state index in [9.17, 15) is 9.59 Å². The van der Waals surface area contributed by atoms with E-state index < -0.39 is 0 Å². The van der Waals surface area contributed by atoms with Gasteiger partial charge in [-0.1, -0.05) is 0 Å². The number of nitrogens with one attached hydrogen (secondary N) is 2. The van der Waals surface area contributed by atoms with Gasteiger partial charge in [0.1, 0.15) is 5.69 Å². The number of ether oxygens (including phenoxy) is 1. The van der Waals surface area contributed by atoms with Crippen molar-refractivity contribution in [2.45, 2.75) is 39.4 Å². The number of ketones is 1. The van der Waals surface area contributed by atoms with Crippen LogP contribution >= 0.6 is 0 Å². The molecule has 0 spiro atoms. The molecule has 1 aromatic rings. The first-order chi connectivity index (χ1) is 10.5. The van der Waals surface area contributed by atoms with Crippen molar-refractivity contribution in [2.75, 3.05) is 26.2 Å². The molecule has 6 heteroatoms. The Kier molecular flexibility index (Phi) is 5.74. The Morgan fingerprint density at radius 2 is 2.05 bits per heavy atom. The molecule has 1 saturated heterocycles. The second-order valence-corrected chi connectivity index (χ2v) is 5.98. The first-order valence-electron chi connectivity index (χ1n) is 7.81. The van der Waals surface area contributed by atoms with E-state index in [0.717, 1.165) is 26.1 Å². The number of carbonyl (C=O) groups is 2. The number of Topliss-reactive ketones (excluding diaryl/α,β-unsaturated/α-hetero) is 1. The van der Waals surface area contributed by atoms with Gasteiger partial charge in [0.25, 0.3) is 5.91 Å². The fourth-order valence-electron chi connectivity index (χ4n) is 2.80. The van der Waals surface area contributed by atoms with Gasteiger partial charge >= 0.3 is 0 Å². The molecule has 1 fully saturated rings. The lowest BCUT2D eigenvalue weighted by Gasteiger charge is -2.35.